The van der Waals surface area contributed by atoms with Crippen molar-refractivity contribution in [3.8, 4) is 17.1 Å². The van der Waals surface area contributed by atoms with E-state index >= 15 is 0 Å². The van der Waals surface area contributed by atoms with Crippen LogP contribution >= 0.6 is 0 Å². The fourth-order valence-corrected chi connectivity index (χ4v) is 1.49. The normalized spacial score (nSPS) is 11.4. The molecule has 0 saturated carbocycles. The van der Waals surface area contributed by atoms with Gasteiger partial charge in [0.05, 0.1) is 6.42 Å². The van der Waals surface area contributed by atoms with E-state index in [1.165, 1.54) is 12.1 Å². The molecule has 0 bridgehead atoms. The number of alkyl halides is 3. The van der Waals surface area contributed by atoms with Crippen LogP contribution in [0.5, 0.6) is 5.75 Å². The summed E-state index contributed by atoms with van der Waals surface area (Å²) in [4.78, 5) is 14.4. The van der Waals surface area contributed by atoms with Gasteiger partial charge < -0.3 is 14.4 Å². The molecular formula is C12H9F3N2O4. The van der Waals surface area contributed by atoms with Crippen LogP contribution in [0.4, 0.5) is 13.2 Å². The Morgan fingerprint density at radius 3 is 2.52 bits per heavy atom. The number of aromatic nitrogens is 2. The zero-order valence-electron chi connectivity index (χ0n) is 10.4. The second kappa shape index (κ2) is 5.81. The molecule has 0 aliphatic rings. The molecule has 2 aromatic rings. The van der Waals surface area contributed by atoms with Gasteiger partial charge in [-0.05, 0) is 24.3 Å². The fourth-order valence-electron chi connectivity index (χ4n) is 1.49. The van der Waals surface area contributed by atoms with Gasteiger partial charge in [-0.3, -0.25) is 4.79 Å². The molecule has 2 rings (SSSR count). The van der Waals surface area contributed by atoms with E-state index in [0.29, 0.717) is 5.56 Å². The summed E-state index contributed by atoms with van der Waals surface area (Å²) in [5.41, 5.74) is 0.426. The Morgan fingerprint density at radius 2 is 1.95 bits per heavy atom. The lowest BCUT2D eigenvalue weighted by Gasteiger charge is -2.08. The molecule has 0 saturated heterocycles. The highest BCUT2D eigenvalue weighted by molar-refractivity contribution is 5.66. The molecule has 0 spiro atoms. The number of aliphatic carboxylic acids is 1. The Kier molecular flexibility index (Phi) is 4.10. The number of benzene rings is 1. The van der Waals surface area contributed by atoms with E-state index in [4.69, 9.17) is 9.63 Å². The Morgan fingerprint density at radius 1 is 1.29 bits per heavy atom. The van der Waals surface area contributed by atoms with E-state index in [0.717, 1.165) is 12.1 Å². The van der Waals surface area contributed by atoms with Crippen molar-refractivity contribution < 1.29 is 32.3 Å². The van der Waals surface area contributed by atoms with Crippen molar-refractivity contribution in [2.45, 2.75) is 19.2 Å². The molecule has 21 heavy (non-hydrogen) atoms. The topological polar surface area (TPSA) is 85.5 Å². The van der Waals surface area contributed by atoms with Crippen LogP contribution in [0, 0.1) is 0 Å². The number of halogens is 3. The van der Waals surface area contributed by atoms with Crippen molar-refractivity contribution >= 4 is 5.97 Å². The van der Waals surface area contributed by atoms with Crippen molar-refractivity contribution in [2.75, 3.05) is 0 Å². The van der Waals surface area contributed by atoms with Gasteiger partial charge >= 0.3 is 12.3 Å². The fraction of sp³-hybridized carbons (Fsp3) is 0.250. The average Bonchev–Trinajstić information content (AvgIpc) is 2.84. The van der Waals surface area contributed by atoms with Gasteiger partial charge in [0.2, 0.25) is 11.7 Å². The van der Waals surface area contributed by atoms with E-state index in [1.54, 1.807) is 0 Å². The highest BCUT2D eigenvalue weighted by Crippen LogP contribution is 2.25. The zero-order valence-corrected chi connectivity index (χ0v) is 10.4. The summed E-state index contributed by atoms with van der Waals surface area (Å²) in [5.74, 6) is -1.05. The number of ether oxygens (including phenoxy) is 1. The molecule has 112 valence electrons. The summed E-state index contributed by atoms with van der Waals surface area (Å²) < 4.78 is 44.6. The monoisotopic (exact) mass is 302 g/mol. The summed E-state index contributed by atoms with van der Waals surface area (Å²) in [6, 6.07) is 4.92. The Labute approximate surface area is 116 Å². The number of carboxylic acids is 1. The maximum absolute atomic E-state index is 12.0. The standard InChI is InChI=1S/C12H9F3N2O4/c13-12(14,15)20-8-3-1-7(2-4-8)11-16-9(21-17-11)5-6-10(18)19/h1-4H,5-6H2,(H,18,19). The first-order chi connectivity index (χ1) is 9.83. The molecule has 0 aliphatic heterocycles. The quantitative estimate of drug-likeness (QED) is 0.914. The molecule has 1 aromatic carbocycles. The molecule has 1 N–H and O–H groups in total. The first-order valence-corrected chi connectivity index (χ1v) is 5.74. The third-order valence-corrected chi connectivity index (χ3v) is 2.37. The Balaban J connectivity index is 2.07. The number of nitrogens with zero attached hydrogens (tertiary/aromatic N) is 2. The summed E-state index contributed by atoms with van der Waals surface area (Å²) in [7, 11) is 0. The number of hydrogen-bond donors (Lipinski definition) is 1. The highest BCUT2D eigenvalue weighted by Gasteiger charge is 2.31. The largest absolute Gasteiger partial charge is 0.573 e. The first-order valence-electron chi connectivity index (χ1n) is 5.74. The van der Waals surface area contributed by atoms with Crippen LogP contribution in [0.15, 0.2) is 28.8 Å². The average molecular weight is 302 g/mol. The van der Waals surface area contributed by atoms with E-state index in [-0.39, 0.29) is 30.3 Å². The van der Waals surface area contributed by atoms with Crippen molar-refractivity contribution in [3.63, 3.8) is 0 Å². The molecule has 1 aromatic heterocycles. The molecule has 0 atom stereocenters. The predicted molar refractivity (Wildman–Crippen MR) is 62.4 cm³/mol. The third kappa shape index (κ3) is 4.48. The van der Waals surface area contributed by atoms with E-state index in [9.17, 15) is 18.0 Å². The van der Waals surface area contributed by atoms with Crippen LogP contribution in [-0.2, 0) is 11.2 Å². The Hall–Kier alpha value is -2.58. The van der Waals surface area contributed by atoms with Crippen molar-refractivity contribution in [3.05, 3.63) is 30.2 Å². The third-order valence-electron chi connectivity index (χ3n) is 2.37. The van der Waals surface area contributed by atoms with Crippen LogP contribution in [-0.4, -0.2) is 27.6 Å². The number of carboxylic acid groups (broad SMARTS) is 1. The van der Waals surface area contributed by atoms with Crippen molar-refractivity contribution in [2.24, 2.45) is 0 Å². The maximum atomic E-state index is 12.0. The number of hydrogen-bond acceptors (Lipinski definition) is 5. The van der Waals surface area contributed by atoms with Gasteiger partial charge in [-0.2, -0.15) is 4.98 Å². The summed E-state index contributed by atoms with van der Waals surface area (Å²) in [6.45, 7) is 0. The highest BCUT2D eigenvalue weighted by atomic mass is 19.4. The van der Waals surface area contributed by atoms with Crippen molar-refractivity contribution in [1.82, 2.24) is 10.1 Å². The van der Waals surface area contributed by atoms with Gasteiger partial charge in [-0.1, -0.05) is 5.16 Å². The van der Waals surface area contributed by atoms with Gasteiger partial charge in [-0.15, -0.1) is 13.2 Å². The molecule has 1 heterocycles. The lowest BCUT2D eigenvalue weighted by atomic mass is 10.2. The second-order valence-corrected chi connectivity index (χ2v) is 3.98. The van der Waals surface area contributed by atoms with E-state index < -0.39 is 12.3 Å². The minimum Gasteiger partial charge on any atom is -0.481 e. The zero-order chi connectivity index (χ0) is 15.5. The van der Waals surface area contributed by atoms with Gasteiger partial charge in [0.15, 0.2) is 0 Å². The minimum absolute atomic E-state index is 0.0810. The molecule has 0 amide bonds. The smallest absolute Gasteiger partial charge is 0.481 e. The number of carbonyl (C=O) groups is 1. The van der Waals surface area contributed by atoms with Crippen LogP contribution in [0.3, 0.4) is 0 Å². The second-order valence-electron chi connectivity index (χ2n) is 3.98. The van der Waals surface area contributed by atoms with Crippen LogP contribution in [0.2, 0.25) is 0 Å². The van der Waals surface area contributed by atoms with Crippen LogP contribution in [0.25, 0.3) is 11.4 Å². The molecule has 6 nitrogen and oxygen atoms in total. The van der Waals surface area contributed by atoms with E-state index in [1.807, 2.05) is 0 Å². The van der Waals surface area contributed by atoms with Gasteiger partial charge in [-0.25, -0.2) is 0 Å². The summed E-state index contributed by atoms with van der Waals surface area (Å²) in [6.07, 6.45) is -4.82. The van der Waals surface area contributed by atoms with Gasteiger partial charge in [0.25, 0.3) is 0 Å². The number of rotatable bonds is 5. The molecule has 0 aliphatic carbocycles. The number of aryl methyl sites for hydroxylation is 1. The van der Waals surface area contributed by atoms with E-state index in [2.05, 4.69) is 14.9 Å². The summed E-state index contributed by atoms with van der Waals surface area (Å²) >= 11 is 0. The minimum atomic E-state index is -4.75. The molecule has 0 radical (unpaired) electrons. The predicted octanol–water partition coefficient (Wildman–Crippen LogP) is 2.65. The molecule has 9 heteroatoms. The molecule has 0 unspecified atom stereocenters. The van der Waals surface area contributed by atoms with Gasteiger partial charge in [0.1, 0.15) is 5.75 Å². The van der Waals surface area contributed by atoms with Crippen molar-refractivity contribution in [1.29, 1.82) is 0 Å². The lowest BCUT2D eigenvalue weighted by Crippen LogP contribution is -2.16. The lowest BCUT2D eigenvalue weighted by molar-refractivity contribution is -0.274. The van der Waals surface area contributed by atoms with Crippen LogP contribution < -0.4 is 4.74 Å². The maximum Gasteiger partial charge on any atom is 0.573 e. The Bertz CT molecular complexity index is 622. The SMILES string of the molecule is O=C(O)CCc1nc(-c2ccc(OC(F)(F)F)cc2)no1. The summed E-state index contributed by atoms with van der Waals surface area (Å²) in [5, 5.41) is 12.2. The molecular weight excluding hydrogens is 293 g/mol. The van der Waals surface area contributed by atoms with Crippen LogP contribution in [0.1, 0.15) is 12.3 Å². The first kappa shape index (κ1) is 14.8. The van der Waals surface area contributed by atoms with Gasteiger partial charge in [0, 0.05) is 12.0 Å². The molecule has 0 fully saturated rings.